The number of carbonyl (C=O) groups is 2. The first kappa shape index (κ1) is 17.0. The van der Waals surface area contributed by atoms with Crippen LogP contribution in [0.4, 0.5) is 5.69 Å². The van der Waals surface area contributed by atoms with Gasteiger partial charge in [-0.2, -0.15) is 0 Å². The smallest absolute Gasteiger partial charge is 0.254 e. The molecule has 6 heteroatoms. The molecule has 0 radical (unpaired) electrons. The fourth-order valence-electron chi connectivity index (χ4n) is 2.78. The molecule has 2 aromatic rings. The number of rotatable bonds is 2. The molecule has 2 amide bonds. The minimum atomic E-state index is -0.509. The number of benzene rings is 2. The standard InChI is InChI=1S/C18H16BrClN2O2/c1-12-17(23)22(16-8-6-15(20)7-9-16)11-10-21(12)18(24)13-2-4-14(19)5-3-13/h2-9,12H,10-11H2,1H3/t12-/m0/s1. The maximum atomic E-state index is 12.7. The first-order valence-corrected chi connectivity index (χ1v) is 8.78. The molecule has 0 N–H and O–H groups in total. The van der Waals surface area contributed by atoms with Crippen molar-refractivity contribution >= 4 is 45.0 Å². The van der Waals surface area contributed by atoms with Crippen molar-refractivity contribution in [2.24, 2.45) is 0 Å². The van der Waals surface area contributed by atoms with Crippen LogP contribution in [0.1, 0.15) is 17.3 Å². The third-order valence-corrected chi connectivity index (χ3v) is 4.93. The van der Waals surface area contributed by atoms with Crippen LogP contribution in [-0.4, -0.2) is 35.8 Å². The summed E-state index contributed by atoms with van der Waals surface area (Å²) in [4.78, 5) is 28.7. The normalized spacial score (nSPS) is 18.0. The Morgan fingerprint density at radius 1 is 1.08 bits per heavy atom. The van der Waals surface area contributed by atoms with Crippen LogP contribution >= 0.6 is 27.5 Å². The highest BCUT2D eigenvalue weighted by molar-refractivity contribution is 9.10. The van der Waals surface area contributed by atoms with E-state index in [1.54, 1.807) is 41.0 Å². The second-order valence-corrected chi connectivity index (χ2v) is 7.00. The predicted octanol–water partition coefficient (Wildman–Crippen LogP) is 3.98. The molecule has 3 rings (SSSR count). The van der Waals surface area contributed by atoms with Crippen LogP contribution < -0.4 is 4.90 Å². The van der Waals surface area contributed by atoms with E-state index in [0.29, 0.717) is 23.7 Å². The van der Waals surface area contributed by atoms with Crippen molar-refractivity contribution in [3.63, 3.8) is 0 Å². The van der Waals surface area contributed by atoms with Gasteiger partial charge in [-0.3, -0.25) is 9.59 Å². The predicted molar refractivity (Wildman–Crippen MR) is 98.4 cm³/mol. The van der Waals surface area contributed by atoms with E-state index in [2.05, 4.69) is 15.9 Å². The molecule has 124 valence electrons. The third kappa shape index (κ3) is 3.32. The number of nitrogens with zero attached hydrogens (tertiary/aromatic N) is 2. The Hall–Kier alpha value is -1.85. The minimum absolute atomic E-state index is 0.0889. The molecule has 0 bridgehead atoms. The zero-order chi connectivity index (χ0) is 17.3. The lowest BCUT2D eigenvalue weighted by Gasteiger charge is -2.39. The highest BCUT2D eigenvalue weighted by atomic mass is 79.9. The van der Waals surface area contributed by atoms with Crippen LogP contribution in [-0.2, 0) is 4.79 Å². The Balaban J connectivity index is 1.78. The van der Waals surface area contributed by atoms with Crippen LogP contribution in [0.2, 0.25) is 5.02 Å². The van der Waals surface area contributed by atoms with E-state index < -0.39 is 6.04 Å². The number of piperazine rings is 1. The van der Waals surface area contributed by atoms with Gasteiger partial charge < -0.3 is 9.80 Å². The average Bonchev–Trinajstić information content (AvgIpc) is 2.58. The quantitative estimate of drug-likeness (QED) is 0.755. The van der Waals surface area contributed by atoms with E-state index >= 15 is 0 Å². The van der Waals surface area contributed by atoms with Crippen molar-refractivity contribution in [1.29, 1.82) is 0 Å². The number of hydrogen-bond acceptors (Lipinski definition) is 2. The summed E-state index contributed by atoms with van der Waals surface area (Å²) in [5.74, 6) is -0.215. The van der Waals surface area contributed by atoms with Crippen molar-refractivity contribution in [3.05, 3.63) is 63.6 Å². The summed E-state index contributed by atoms with van der Waals surface area (Å²) in [5, 5.41) is 0.628. The average molecular weight is 408 g/mol. The van der Waals surface area contributed by atoms with Gasteiger partial charge in [0.25, 0.3) is 5.91 Å². The summed E-state index contributed by atoms with van der Waals surface area (Å²) >= 11 is 9.26. The summed E-state index contributed by atoms with van der Waals surface area (Å²) in [7, 11) is 0. The van der Waals surface area contributed by atoms with Crippen molar-refractivity contribution in [2.75, 3.05) is 18.0 Å². The van der Waals surface area contributed by atoms with E-state index in [9.17, 15) is 9.59 Å². The summed E-state index contributed by atoms with van der Waals surface area (Å²) < 4.78 is 0.913. The minimum Gasteiger partial charge on any atom is -0.325 e. The Morgan fingerprint density at radius 3 is 2.33 bits per heavy atom. The van der Waals surface area contributed by atoms with Gasteiger partial charge in [-0.15, -0.1) is 0 Å². The summed E-state index contributed by atoms with van der Waals surface area (Å²) in [6.07, 6.45) is 0. The maximum absolute atomic E-state index is 12.7. The van der Waals surface area contributed by atoms with Crippen molar-refractivity contribution in [1.82, 2.24) is 4.90 Å². The van der Waals surface area contributed by atoms with Crippen LogP contribution in [0.25, 0.3) is 0 Å². The van der Waals surface area contributed by atoms with Gasteiger partial charge in [-0.05, 0) is 55.5 Å². The lowest BCUT2D eigenvalue weighted by atomic mass is 10.1. The van der Waals surface area contributed by atoms with E-state index in [1.807, 2.05) is 24.3 Å². The molecule has 1 atom stereocenters. The highest BCUT2D eigenvalue weighted by Crippen LogP contribution is 2.23. The Labute approximate surface area is 154 Å². The molecule has 0 aliphatic carbocycles. The van der Waals surface area contributed by atoms with Crippen molar-refractivity contribution in [3.8, 4) is 0 Å². The molecule has 0 unspecified atom stereocenters. The van der Waals surface area contributed by atoms with Crippen LogP contribution in [0.15, 0.2) is 53.0 Å². The Kier molecular flexibility index (Phi) is 4.92. The third-order valence-electron chi connectivity index (χ3n) is 4.15. The molecule has 2 aromatic carbocycles. The molecule has 1 aliphatic heterocycles. The van der Waals surface area contributed by atoms with Crippen molar-refractivity contribution < 1.29 is 9.59 Å². The molecule has 1 fully saturated rings. The highest BCUT2D eigenvalue weighted by Gasteiger charge is 2.35. The molecule has 0 spiro atoms. The molecule has 4 nitrogen and oxygen atoms in total. The molecule has 1 heterocycles. The number of hydrogen-bond donors (Lipinski definition) is 0. The summed E-state index contributed by atoms with van der Waals surface area (Å²) in [6.45, 7) is 2.72. The summed E-state index contributed by atoms with van der Waals surface area (Å²) in [5.41, 5.74) is 1.38. The van der Waals surface area contributed by atoms with E-state index in [-0.39, 0.29) is 11.8 Å². The summed E-state index contributed by atoms with van der Waals surface area (Å²) in [6, 6.07) is 13.8. The molecule has 1 aliphatic rings. The van der Waals surface area contributed by atoms with Gasteiger partial charge in [0.15, 0.2) is 0 Å². The second-order valence-electron chi connectivity index (χ2n) is 5.65. The topological polar surface area (TPSA) is 40.6 Å². The van der Waals surface area contributed by atoms with Crippen LogP contribution in [0.3, 0.4) is 0 Å². The Morgan fingerprint density at radius 2 is 1.71 bits per heavy atom. The van der Waals surface area contributed by atoms with Crippen LogP contribution in [0.5, 0.6) is 0 Å². The Bertz CT molecular complexity index is 762. The molecular weight excluding hydrogens is 392 g/mol. The number of amides is 2. The SMILES string of the molecule is C[C@H]1C(=O)N(c2ccc(Cl)cc2)CCN1C(=O)c1ccc(Br)cc1. The van der Waals surface area contributed by atoms with Gasteiger partial charge in [-0.25, -0.2) is 0 Å². The molecule has 0 aromatic heterocycles. The fourth-order valence-corrected chi connectivity index (χ4v) is 3.17. The number of carbonyl (C=O) groups excluding carboxylic acids is 2. The molecule has 1 saturated heterocycles. The largest absolute Gasteiger partial charge is 0.325 e. The van der Waals surface area contributed by atoms with Crippen LogP contribution in [0, 0.1) is 0 Å². The first-order chi connectivity index (χ1) is 11.5. The molecular formula is C18H16BrClN2O2. The zero-order valence-corrected chi connectivity index (χ0v) is 15.4. The van der Waals surface area contributed by atoms with Gasteiger partial charge >= 0.3 is 0 Å². The first-order valence-electron chi connectivity index (χ1n) is 7.61. The monoisotopic (exact) mass is 406 g/mol. The van der Waals surface area contributed by atoms with E-state index in [4.69, 9.17) is 11.6 Å². The van der Waals surface area contributed by atoms with Gasteiger partial charge in [0.1, 0.15) is 6.04 Å². The lowest BCUT2D eigenvalue weighted by molar-refractivity contribution is -0.124. The van der Waals surface area contributed by atoms with Gasteiger partial charge in [0.2, 0.25) is 5.91 Å². The maximum Gasteiger partial charge on any atom is 0.254 e. The molecule has 0 saturated carbocycles. The van der Waals surface area contributed by atoms with E-state index in [0.717, 1.165) is 10.2 Å². The number of halogens is 2. The van der Waals surface area contributed by atoms with Gasteiger partial charge in [-0.1, -0.05) is 27.5 Å². The van der Waals surface area contributed by atoms with Gasteiger partial charge in [0, 0.05) is 33.8 Å². The fraction of sp³-hybridized carbons (Fsp3) is 0.222. The van der Waals surface area contributed by atoms with Gasteiger partial charge in [0.05, 0.1) is 0 Å². The molecule has 24 heavy (non-hydrogen) atoms. The zero-order valence-electron chi connectivity index (χ0n) is 13.1. The second kappa shape index (κ2) is 6.95. The van der Waals surface area contributed by atoms with Crippen molar-refractivity contribution in [2.45, 2.75) is 13.0 Å². The lowest BCUT2D eigenvalue weighted by Crippen LogP contribution is -2.57. The number of anilines is 1. The van der Waals surface area contributed by atoms with E-state index in [1.165, 1.54) is 0 Å².